The number of carbonyl (C=O) groups excluding carboxylic acids is 1. The number of ether oxygens (including phenoxy) is 3. The Morgan fingerprint density at radius 1 is 1.18 bits per heavy atom. The van der Waals surface area contributed by atoms with E-state index in [9.17, 15) is 4.79 Å². The predicted molar refractivity (Wildman–Crippen MR) is 60.5 cm³/mol. The maximum atomic E-state index is 11.7. The number of hydrogen-bond donors (Lipinski definition) is 1. The summed E-state index contributed by atoms with van der Waals surface area (Å²) in [6.07, 6.45) is 0.314. The van der Waals surface area contributed by atoms with Crippen LogP contribution in [0.3, 0.4) is 0 Å². The van der Waals surface area contributed by atoms with Crippen molar-refractivity contribution in [2.75, 3.05) is 12.1 Å². The molecule has 5 heteroatoms. The van der Waals surface area contributed by atoms with Crippen molar-refractivity contribution in [3.05, 3.63) is 12.1 Å². The minimum Gasteiger partial charge on any atom is -0.485 e. The van der Waals surface area contributed by atoms with Gasteiger partial charge in [-0.15, -0.1) is 0 Å². The molecule has 0 unspecified atom stereocenters. The lowest BCUT2D eigenvalue weighted by Gasteiger charge is -2.23. The van der Waals surface area contributed by atoms with Crippen molar-refractivity contribution in [1.82, 2.24) is 0 Å². The van der Waals surface area contributed by atoms with E-state index in [1.54, 1.807) is 12.1 Å². The summed E-state index contributed by atoms with van der Waals surface area (Å²) in [5.41, 5.74) is 0.105. The number of fused-ring (bicyclic) bond motifs is 2. The van der Waals surface area contributed by atoms with E-state index in [0.29, 0.717) is 29.4 Å². The van der Waals surface area contributed by atoms with Gasteiger partial charge in [-0.25, -0.2) is 0 Å². The first-order valence-electron chi connectivity index (χ1n) is 5.46. The highest BCUT2D eigenvalue weighted by Crippen LogP contribution is 2.43. The Morgan fingerprint density at radius 2 is 1.88 bits per heavy atom. The van der Waals surface area contributed by atoms with Crippen molar-refractivity contribution < 1.29 is 19.0 Å². The number of rotatable bonds is 0. The Hall–Kier alpha value is -1.91. The molecule has 0 saturated carbocycles. The van der Waals surface area contributed by atoms with E-state index in [4.69, 9.17) is 14.2 Å². The minimum atomic E-state index is -0.525. The first-order chi connectivity index (χ1) is 8.03. The Bertz CT molecular complexity index is 496. The summed E-state index contributed by atoms with van der Waals surface area (Å²) in [7, 11) is 0. The summed E-state index contributed by atoms with van der Waals surface area (Å²) in [6, 6.07) is 3.49. The second kappa shape index (κ2) is 3.29. The number of amides is 1. The lowest BCUT2D eigenvalue weighted by atomic mass is 10.1. The van der Waals surface area contributed by atoms with Gasteiger partial charge in [-0.3, -0.25) is 4.79 Å². The lowest BCUT2D eigenvalue weighted by molar-refractivity contribution is -0.118. The van der Waals surface area contributed by atoms with Gasteiger partial charge in [0.05, 0.1) is 12.1 Å². The van der Waals surface area contributed by atoms with E-state index >= 15 is 0 Å². The first-order valence-corrected chi connectivity index (χ1v) is 5.46. The summed E-state index contributed by atoms with van der Waals surface area (Å²) in [5.74, 6) is 1.83. The number of hydrogen-bond acceptors (Lipinski definition) is 4. The standard InChI is InChI=1S/C12H13NO4/c1-12(2)5-11(14)13-7-3-9-10(16-6-15-9)4-8(7)17-12/h3-4H,5-6H2,1-2H3,(H,13,14). The van der Waals surface area contributed by atoms with Crippen LogP contribution in [-0.2, 0) is 4.79 Å². The number of anilines is 1. The molecule has 0 spiro atoms. The van der Waals surface area contributed by atoms with Gasteiger partial charge in [0.25, 0.3) is 0 Å². The molecule has 0 fully saturated rings. The third-order valence-electron chi connectivity index (χ3n) is 2.72. The van der Waals surface area contributed by atoms with Crippen LogP contribution in [0, 0.1) is 0 Å². The van der Waals surface area contributed by atoms with Crippen molar-refractivity contribution in [1.29, 1.82) is 0 Å². The summed E-state index contributed by atoms with van der Waals surface area (Å²) >= 11 is 0. The Morgan fingerprint density at radius 3 is 2.65 bits per heavy atom. The maximum absolute atomic E-state index is 11.7. The van der Waals surface area contributed by atoms with Gasteiger partial charge < -0.3 is 19.5 Å². The predicted octanol–water partition coefficient (Wildman–Crippen LogP) is 1.91. The average Bonchev–Trinajstić information content (AvgIpc) is 2.58. The molecule has 17 heavy (non-hydrogen) atoms. The molecule has 2 aliphatic rings. The van der Waals surface area contributed by atoms with Gasteiger partial charge >= 0.3 is 0 Å². The third kappa shape index (κ3) is 1.77. The van der Waals surface area contributed by atoms with Crippen LogP contribution in [0.4, 0.5) is 5.69 Å². The molecule has 0 atom stereocenters. The van der Waals surface area contributed by atoms with Crippen LogP contribution in [-0.4, -0.2) is 18.3 Å². The maximum Gasteiger partial charge on any atom is 0.231 e. The minimum absolute atomic E-state index is 0.0624. The summed E-state index contributed by atoms with van der Waals surface area (Å²) in [4.78, 5) is 11.7. The van der Waals surface area contributed by atoms with Gasteiger partial charge in [-0.2, -0.15) is 0 Å². The smallest absolute Gasteiger partial charge is 0.231 e. The largest absolute Gasteiger partial charge is 0.485 e. The van der Waals surface area contributed by atoms with Crippen molar-refractivity contribution in [2.24, 2.45) is 0 Å². The molecule has 5 nitrogen and oxygen atoms in total. The fourth-order valence-electron chi connectivity index (χ4n) is 2.02. The van der Waals surface area contributed by atoms with Gasteiger partial charge in [0.2, 0.25) is 12.7 Å². The molecule has 2 heterocycles. The molecule has 1 aromatic carbocycles. The Kier molecular flexibility index (Phi) is 1.98. The van der Waals surface area contributed by atoms with Crippen LogP contribution in [0.1, 0.15) is 20.3 Å². The molecule has 1 aromatic rings. The van der Waals surface area contributed by atoms with Gasteiger partial charge in [-0.05, 0) is 13.8 Å². The second-order valence-corrected chi connectivity index (χ2v) is 4.79. The van der Waals surface area contributed by atoms with Crippen molar-refractivity contribution in [3.8, 4) is 17.2 Å². The van der Waals surface area contributed by atoms with Crippen molar-refractivity contribution in [3.63, 3.8) is 0 Å². The van der Waals surface area contributed by atoms with Crippen molar-refractivity contribution in [2.45, 2.75) is 25.9 Å². The molecule has 2 aliphatic heterocycles. The van der Waals surface area contributed by atoms with Crippen LogP contribution in [0.5, 0.6) is 17.2 Å². The van der Waals surface area contributed by atoms with Gasteiger partial charge in [0.1, 0.15) is 11.4 Å². The monoisotopic (exact) mass is 235 g/mol. The normalized spacial score (nSPS) is 20.0. The topological polar surface area (TPSA) is 56.8 Å². The zero-order valence-corrected chi connectivity index (χ0v) is 9.70. The zero-order chi connectivity index (χ0) is 12.0. The lowest BCUT2D eigenvalue weighted by Crippen LogP contribution is -2.30. The molecular weight excluding hydrogens is 222 g/mol. The van der Waals surface area contributed by atoms with E-state index in [0.717, 1.165) is 0 Å². The van der Waals surface area contributed by atoms with Crippen LogP contribution in [0.15, 0.2) is 12.1 Å². The fourth-order valence-corrected chi connectivity index (χ4v) is 2.02. The molecule has 1 N–H and O–H groups in total. The van der Waals surface area contributed by atoms with E-state index < -0.39 is 5.60 Å². The molecule has 0 aromatic heterocycles. The van der Waals surface area contributed by atoms with Crippen LogP contribution in [0.25, 0.3) is 0 Å². The Balaban J connectivity index is 2.08. The highest BCUT2D eigenvalue weighted by molar-refractivity contribution is 5.94. The van der Waals surface area contributed by atoms with Crippen molar-refractivity contribution >= 4 is 11.6 Å². The van der Waals surface area contributed by atoms with E-state index in [2.05, 4.69) is 5.32 Å². The summed E-state index contributed by atoms with van der Waals surface area (Å²) < 4.78 is 16.4. The number of nitrogens with one attached hydrogen (secondary N) is 1. The molecule has 0 bridgehead atoms. The second-order valence-electron chi connectivity index (χ2n) is 4.79. The number of benzene rings is 1. The molecule has 1 amide bonds. The van der Waals surface area contributed by atoms with Gasteiger partial charge in [0.15, 0.2) is 11.5 Å². The van der Waals surface area contributed by atoms with Crippen LogP contribution in [0.2, 0.25) is 0 Å². The summed E-state index contributed by atoms with van der Waals surface area (Å²) in [5, 5.41) is 2.81. The molecule has 0 saturated heterocycles. The van der Waals surface area contributed by atoms with Gasteiger partial charge in [0, 0.05) is 12.1 Å². The highest BCUT2D eigenvalue weighted by atomic mass is 16.7. The van der Waals surface area contributed by atoms with Gasteiger partial charge in [-0.1, -0.05) is 0 Å². The Labute approximate surface area is 98.7 Å². The third-order valence-corrected chi connectivity index (χ3v) is 2.72. The SMILES string of the molecule is CC1(C)CC(=O)Nc2cc3c(cc2O1)OCO3. The summed E-state index contributed by atoms with van der Waals surface area (Å²) in [6.45, 7) is 3.97. The molecule has 0 aliphatic carbocycles. The van der Waals surface area contributed by atoms with E-state index in [1.807, 2.05) is 13.8 Å². The molecule has 3 rings (SSSR count). The first kappa shape index (κ1) is 10.3. The quantitative estimate of drug-likeness (QED) is 0.746. The number of carbonyl (C=O) groups is 1. The van der Waals surface area contributed by atoms with E-state index in [-0.39, 0.29) is 12.7 Å². The molecular formula is C12H13NO4. The van der Waals surface area contributed by atoms with Crippen LogP contribution < -0.4 is 19.5 Å². The fraction of sp³-hybridized carbons (Fsp3) is 0.417. The van der Waals surface area contributed by atoms with E-state index in [1.165, 1.54) is 0 Å². The highest BCUT2D eigenvalue weighted by Gasteiger charge is 2.31. The molecule has 0 radical (unpaired) electrons. The molecule has 90 valence electrons. The van der Waals surface area contributed by atoms with Crippen LogP contribution >= 0.6 is 0 Å². The average molecular weight is 235 g/mol. The zero-order valence-electron chi connectivity index (χ0n) is 9.70.